The molecule has 0 radical (unpaired) electrons. The number of likely N-dealkylation sites (tertiary alicyclic amines) is 1. The Balaban J connectivity index is 1.77. The zero-order valence-electron chi connectivity index (χ0n) is 11.1. The van der Waals surface area contributed by atoms with Gasteiger partial charge >= 0.3 is 0 Å². The van der Waals surface area contributed by atoms with Crippen LogP contribution in [0.1, 0.15) is 23.2 Å². The first-order valence-corrected chi connectivity index (χ1v) is 6.85. The maximum atomic E-state index is 12.4. The molecule has 0 aromatic heterocycles. The molecule has 106 valence electrons. The van der Waals surface area contributed by atoms with Crippen molar-refractivity contribution < 1.29 is 9.72 Å². The summed E-state index contributed by atoms with van der Waals surface area (Å²) < 4.78 is 0. The topological polar surface area (TPSA) is 89.5 Å². The number of nitrogens with zero attached hydrogens (tertiary/aromatic N) is 2. The van der Waals surface area contributed by atoms with Gasteiger partial charge < -0.3 is 10.6 Å². The van der Waals surface area contributed by atoms with Gasteiger partial charge in [-0.1, -0.05) is 6.07 Å². The number of rotatable bonds is 2. The molecule has 6 heteroatoms. The van der Waals surface area contributed by atoms with Crippen molar-refractivity contribution >= 4 is 11.6 Å². The summed E-state index contributed by atoms with van der Waals surface area (Å²) in [5.41, 5.74) is 6.39. The van der Waals surface area contributed by atoms with Crippen molar-refractivity contribution in [3.8, 4) is 0 Å². The van der Waals surface area contributed by atoms with E-state index in [2.05, 4.69) is 0 Å². The van der Waals surface area contributed by atoms with E-state index >= 15 is 0 Å². The minimum absolute atomic E-state index is 0.0491. The van der Waals surface area contributed by atoms with E-state index in [0.29, 0.717) is 23.9 Å². The van der Waals surface area contributed by atoms with Crippen molar-refractivity contribution in [3.05, 3.63) is 39.9 Å². The van der Waals surface area contributed by atoms with Gasteiger partial charge in [-0.25, -0.2) is 0 Å². The van der Waals surface area contributed by atoms with Gasteiger partial charge in [0.05, 0.1) is 4.92 Å². The second kappa shape index (κ2) is 4.86. The molecule has 1 amide bonds. The van der Waals surface area contributed by atoms with E-state index in [1.165, 1.54) is 12.1 Å². The lowest BCUT2D eigenvalue weighted by molar-refractivity contribution is -0.384. The Morgan fingerprint density at radius 1 is 1.35 bits per heavy atom. The Morgan fingerprint density at radius 3 is 2.85 bits per heavy atom. The molecule has 2 aliphatic rings. The zero-order valence-corrected chi connectivity index (χ0v) is 11.1. The van der Waals surface area contributed by atoms with Crippen LogP contribution >= 0.6 is 0 Å². The number of nitro benzene ring substituents is 1. The molecule has 1 saturated heterocycles. The Hall–Kier alpha value is -1.95. The van der Waals surface area contributed by atoms with Crippen LogP contribution in [-0.2, 0) is 0 Å². The van der Waals surface area contributed by atoms with E-state index < -0.39 is 4.92 Å². The molecule has 2 fully saturated rings. The number of benzene rings is 1. The lowest BCUT2D eigenvalue weighted by atomic mass is 9.98. The van der Waals surface area contributed by atoms with Crippen LogP contribution in [0.25, 0.3) is 0 Å². The van der Waals surface area contributed by atoms with Crippen molar-refractivity contribution in [1.82, 2.24) is 4.90 Å². The van der Waals surface area contributed by atoms with Gasteiger partial charge in [0.25, 0.3) is 11.6 Å². The van der Waals surface area contributed by atoms with E-state index in [4.69, 9.17) is 5.73 Å². The summed E-state index contributed by atoms with van der Waals surface area (Å²) in [7, 11) is 0. The third kappa shape index (κ3) is 2.16. The zero-order chi connectivity index (χ0) is 14.3. The number of hydrogen-bond acceptors (Lipinski definition) is 4. The number of non-ortho nitro benzene ring substituents is 1. The highest BCUT2D eigenvalue weighted by atomic mass is 16.6. The first kappa shape index (κ1) is 13.1. The van der Waals surface area contributed by atoms with Crippen LogP contribution in [0.4, 0.5) is 5.69 Å². The van der Waals surface area contributed by atoms with Crippen LogP contribution in [0.5, 0.6) is 0 Å². The van der Waals surface area contributed by atoms with Crippen LogP contribution in [0, 0.1) is 22.0 Å². The van der Waals surface area contributed by atoms with Gasteiger partial charge in [-0.05, 0) is 30.7 Å². The fraction of sp³-hybridized carbons (Fsp3) is 0.500. The fourth-order valence-electron chi connectivity index (χ4n) is 3.41. The molecule has 0 spiro atoms. The van der Waals surface area contributed by atoms with Gasteiger partial charge in [0, 0.05) is 36.8 Å². The summed E-state index contributed by atoms with van der Waals surface area (Å²) in [6.45, 7) is 1.40. The number of carbonyl (C=O) groups excluding carboxylic acids is 1. The molecular formula is C14H17N3O3. The number of amides is 1. The smallest absolute Gasteiger partial charge is 0.270 e. The summed E-state index contributed by atoms with van der Waals surface area (Å²) in [6, 6.07) is 6.10. The predicted octanol–water partition coefficient (Wildman–Crippen LogP) is 1.40. The standard InChI is InChI=1S/C14H17N3O3/c15-13-5-4-10-7-16(8-12(10)13)14(18)9-2-1-3-11(6-9)17(19)20/h1-3,6,10,12-13H,4-5,7-8,15H2. The van der Waals surface area contributed by atoms with E-state index in [1.807, 2.05) is 0 Å². The predicted molar refractivity (Wildman–Crippen MR) is 73.2 cm³/mol. The summed E-state index contributed by atoms with van der Waals surface area (Å²) >= 11 is 0. The van der Waals surface area contributed by atoms with Gasteiger partial charge in [0.2, 0.25) is 0 Å². The highest BCUT2D eigenvalue weighted by molar-refractivity contribution is 5.95. The van der Waals surface area contributed by atoms with Crippen LogP contribution < -0.4 is 5.73 Å². The largest absolute Gasteiger partial charge is 0.338 e. The van der Waals surface area contributed by atoms with Crippen molar-refractivity contribution in [3.63, 3.8) is 0 Å². The van der Waals surface area contributed by atoms with E-state index in [0.717, 1.165) is 19.4 Å². The quantitative estimate of drug-likeness (QED) is 0.652. The number of carbonyl (C=O) groups is 1. The fourth-order valence-corrected chi connectivity index (χ4v) is 3.41. The van der Waals surface area contributed by atoms with Crippen molar-refractivity contribution in [2.45, 2.75) is 18.9 Å². The number of nitro groups is 1. The lowest BCUT2D eigenvalue weighted by Crippen LogP contribution is -2.33. The maximum Gasteiger partial charge on any atom is 0.270 e. The maximum absolute atomic E-state index is 12.4. The highest BCUT2D eigenvalue weighted by Gasteiger charge is 2.42. The third-order valence-electron chi connectivity index (χ3n) is 4.50. The minimum Gasteiger partial charge on any atom is -0.338 e. The molecule has 3 rings (SSSR count). The molecule has 1 aliphatic heterocycles. The molecule has 3 atom stereocenters. The van der Waals surface area contributed by atoms with Crippen LogP contribution in [0.15, 0.2) is 24.3 Å². The Kier molecular flexibility index (Phi) is 3.17. The second-order valence-electron chi connectivity index (χ2n) is 5.68. The number of hydrogen-bond donors (Lipinski definition) is 1. The Labute approximate surface area is 116 Å². The second-order valence-corrected chi connectivity index (χ2v) is 5.68. The summed E-state index contributed by atoms with van der Waals surface area (Å²) in [5, 5.41) is 10.8. The van der Waals surface area contributed by atoms with Crippen molar-refractivity contribution in [1.29, 1.82) is 0 Å². The molecular weight excluding hydrogens is 258 g/mol. The summed E-state index contributed by atoms with van der Waals surface area (Å²) in [6.07, 6.45) is 2.11. The first-order valence-electron chi connectivity index (χ1n) is 6.85. The molecule has 20 heavy (non-hydrogen) atoms. The summed E-state index contributed by atoms with van der Waals surface area (Å²) in [4.78, 5) is 24.5. The molecule has 1 aromatic rings. The van der Waals surface area contributed by atoms with Crippen molar-refractivity contribution in [2.75, 3.05) is 13.1 Å². The minimum atomic E-state index is -0.481. The lowest BCUT2D eigenvalue weighted by Gasteiger charge is -2.18. The SMILES string of the molecule is NC1CCC2CN(C(=O)c3cccc([N+](=O)[O-])c3)CC12. The first-order chi connectivity index (χ1) is 9.56. The van der Waals surface area contributed by atoms with E-state index in [1.54, 1.807) is 17.0 Å². The molecule has 1 saturated carbocycles. The molecule has 2 N–H and O–H groups in total. The van der Waals surface area contributed by atoms with Gasteiger partial charge in [0.15, 0.2) is 0 Å². The molecule has 1 aliphatic carbocycles. The van der Waals surface area contributed by atoms with Crippen LogP contribution in [0.3, 0.4) is 0 Å². The highest BCUT2D eigenvalue weighted by Crippen LogP contribution is 2.37. The molecule has 0 bridgehead atoms. The molecule has 3 unspecified atom stereocenters. The van der Waals surface area contributed by atoms with E-state index in [9.17, 15) is 14.9 Å². The van der Waals surface area contributed by atoms with Crippen molar-refractivity contribution in [2.24, 2.45) is 17.6 Å². The van der Waals surface area contributed by atoms with Crippen LogP contribution in [-0.4, -0.2) is 34.9 Å². The van der Waals surface area contributed by atoms with Gasteiger partial charge in [-0.15, -0.1) is 0 Å². The molecule has 1 aromatic carbocycles. The number of fused-ring (bicyclic) bond motifs is 1. The monoisotopic (exact) mass is 275 g/mol. The average Bonchev–Trinajstić information content (AvgIpc) is 3.01. The van der Waals surface area contributed by atoms with Crippen LogP contribution in [0.2, 0.25) is 0 Å². The third-order valence-corrected chi connectivity index (χ3v) is 4.50. The Morgan fingerprint density at radius 2 is 2.15 bits per heavy atom. The van der Waals surface area contributed by atoms with Gasteiger partial charge in [0.1, 0.15) is 0 Å². The number of nitrogens with two attached hydrogens (primary N) is 1. The molecule has 6 nitrogen and oxygen atoms in total. The van der Waals surface area contributed by atoms with Gasteiger partial charge in [-0.3, -0.25) is 14.9 Å². The normalized spacial score (nSPS) is 28.4. The average molecular weight is 275 g/mol. The summed E-state index contributed by atoms with van der Waals surface area (Å²) in [5.74, 6) is 0.751. The van der Waals surface area contributed by atoms with Gasteiger partial charge in [-0.2, -0.15) is 0 Å². The molecule has 1 heterocycles. The Bertz CT molecular complexity index is 560. The van der Waals surface area contributed by atoms with E-state index in [-0.39, 0.29) is 17.6 Å².